The van der Waals surface area contributed by atoms with Crippen LogP contribution >= 0.6 is 0 Å². The fourth-order valence-corrected chi connectivity index (χ4v) is 5.36. The van der Waals surface area contributed by atoms with Crippen molar-refractivity contribution in [2.24, 2.45) is 0 Å². The van der Waals surface area contributed by atoms with Crippen LogP contribution in [-0.4, -0.2) is 20.9 Å². The van der Waals surface area contributed by atoms with Crippen LogP contribution in [0.4, 0.5) is 15.8 Å². The highest BCUT2D eigenvalue weighted by molar-refractivity contribution is 7.92. The number of nitrogens with one attached hydrogen (secondary N) is 1. The minimum atomic E-state index is -3.95. The van der Waals surface area contributed by atoms with Gasteiger partial charge < -0.3 is 5.32 Å². The van der Waals surface area contributed by atoms with E-state index in [0.717, 1.165) is 35.2 Å². The average Bonchev–Trinajstić information content (AvgIpc) is 2.76. The van der Waals surface area contributed by atoms with E-state index >= 15 is 0 Å². The van der Waals surface area contributed by atoms with Gasteiger partial charge in [0.15, 0.2) is 0 Å². The largest absolute Gasteiger partial charge is 0.322 e. The summed E-state index contributed by atoms with van der Waals surface area (Å²) in [5, 5.41) is 2.69. The number of benzene rings is 3. The van der Waals surface area contributed by atoms with Gasteiger partial charge in [0.05, 0.1) is 16.1 Å². The number of hydrogen-bond donors (Lipinski definition) is 1. The summed E-state index contributed by atoms with van der Waals surface area (Å²) in [5.74, 6) is -1.47. The van der Waals surface area contributed by atoms with Gasteiger partial charge in [0.1, 0.15) is 5.82 Å². The number of aryl methyl sites for hydroxylation is 2. The first-order valence-electron chi connectivity index (χ1n) is 10.1. The third-order valence-corrected chi connectivity index (χ3v) is 7.50. The minimum Gasteiger partial charge on any atom is -0.322 e. The van der Waals surface area contributed by atoms with Crippen LogP contribution < -0.4 is 9.62 Å². The molecule has 0 saturated heterocycles. The molecule has 0 bridgehead atoms. The summed E-state index contributed by atoms with van der Waals surface area (Å²) in [6, 6.07) is 16.1. The van der Waals surface area contributed by atoms with Gasteiger partial charge in [0.25, 0.3) is 15.9 Å². The monoisotopic (exact) mass is 438 g/mol. The van der Waals surface area contributed by atoms with Crippen LogP contribution in [0.5, 0.6) is 0 Å². The lowest BCUT2D eigenvalue weighted by Crippen LogP contribution is -2.35. The highest BCUT2D eigenvalue weighted by Crippen LogP contribution is 2.32. The maximum Gasteiger partial charge on any atom is 0.264 e. The Hall–Kier alpha value is -3.19. The molecule has 1 heterocycles. The maximum absolute atomic E-state index is 14.5. The van der Waals surface area contributed by atoms with Gasteiger partial charge in [0, 0.05) is 12.2 Å². The number of nitrogens with zero attached hydrogens (tertiary/aromatic N) is 1. The fraction of sp³-hybridized carbons (Fsp3) is 0.208. The van der Waals surface area contributed by atoms with Crippen LogP contribution in [-0.2, 0) is 16.4 Å². The molecule has 1 aliphatic heterocycles. The van der Waals surface area contributed by atoms with Crippen molar-refractivity contribution in [1.82, 2.24) is 0 Å². The number of halogens is 1. The highest BCUT2D eigenvalue weighted by Gasteiger charge is 2.30. The Bertz CT molecular complexity index is 1270. The second kappa shape index (κ2) is 8.15. The number of para-hydroxylation sites is 1. The smallest absolute Gasteiger partial charge is 0.264 e. The van der Waals surface area contributed by atoms with Gasteiger partial charge in [0.2, 0.25) is 0 Å². The lowest BCUT2D eigenvalue weighted by molar-refractivity contribution is 0.102. The molecule has 0 aromatic heterocycles. The van der Waals surface area contributed by atoms with Crippen LogP contribution in [0.2, 0.25) is 0 Å². The van der Waals surface area contributed by atoms with Crippen molar-refractivity contribution in [3.8, 4) is 0 Å². The molecule has 31 heavy (non-hydrogen) atoms. The second-order valence-corrected chi connectivity index (χ2v) is 9.51. The molecule has 0 aliphatic carbocycles. The normalized spacial score (nSPS) is 13.6. The van der Waals surface area contributed by atoms with E-state index in [2.05, 4.69) is 5.32 Å². The van der Waals surface area contributed by atoms with Crippen molar-refractivity contribution < 1.29 is 17.6 Å². The maximum atomic E-state index is 14.5. The first kappa shape index (κ1) is 21.1. The molecule has 3 aromatic carbocycles. The number of sulfonamides is 1. The summed E-state index contributed by atoms with van der Waals surface area (Å²) in [6.45, 7) is 4.10. The van der Waals surface area contributed by atoms with E-state index in [0.29, 0.717) is 24.3 Å². The second-order valence-electron chi connectivity index (χ2n) is 7.65. The van der Waals surface area contributed by atoms with Crippen molar-refractivity contribution in [1.29, 1.82) is 0 Å². The Balaban J connectivity index is 1.69. The van der Waals surface area contributed by atoms with Gasteiger partial charge in [-0.3, -0.25) is 9.10 Å². The molecule has 4 rings (SSSR count). The Morgan fingerprint density at radius 1 is 1.03 bits per heavy atom. The molecule has 1 amide bonds. The van der Waals surface area contributed by atoms with E-state index < -0.39 is 21.7 Å². The van der Waals surface area contributed by atoms with Crippen molar-refractivity contribution in [2.75, 3.05) is 16.2 Å². The van der Waals surface area contributed by atoms with Gasteiger partial charge in [-0.15, -0.1) is 0 Å². The Labute approximate surface area is 181 Å². The molecule has 0 unspecified atom stereocenters. The van der Waals surface area contributed by atoms with Gasteiger partial charge in [-0.1, -0.05) is 30.3 Å². The van der Waals surface area contributed by atoms with Gasteiger partial charge in [-0.05, 0) is 73.7 Å². The topological polar surface area (TPSA) is 66.5 Å². The molecular formula is C24H23FN2O3S. The first-order chi connectivity index (χ1) is 14.8. The zero-order valence-electron chi connectivity index (χ0n) is 17.4. The van der Waals surface area contributed by atoms with Crippen molar-refractivity contribution in [3.05, 3.63) is 88.7 Å². The minimum absolute atomic E-state index is 0.114. The van der Waals surface area contributed by atoms with Crippen LogP contribution in [0.25, 0.3) is 0 Å². The molecule has 0 saturated carbocycles. The van der Waals surface area contributed by atoms with Crippen LogP contribution in [0.15, 0.2) is 65.6 Å². The zero-order valence-corrected chi connectivity index (χ0v) is 18.2. The molecule has 0 fully saturated rings. The molecule has 1 N–H and O–H groups in total. The SMILES string of the molecule is Cc1cccc(NC(=O)c2cc(S(=O)(=O)N3CCCc4ccccc43)ccc2F)c1C. The lowest BCUT2D eigenvalue weighted by Gasteiger charge is -2.30. The Morgan fingerprint density at radius 2 is 1.81 bits per heavy atom. The molecule has 3 aromatic rings. The fourth-order valence-electron chi connectivity index (χ4n) is 3.79. The van der Waals surface area contributed by atoms with Gasteiger partial charge in [-0.2, -0.15) is 0 Å². The Morgan fingerprint density at radius 3 is 2.61 bits per heavy atom. The zero-order chi connectivity index (χ0) is 22.2. The average molecular weight is 439 g/mol. The van der Waals surface area contributed by atoms with E-state index in [1.54, 1.807) is 24.3 Å². The number of rotatable bonds is 4. The quantitative estimate of drug-likeness (QED) is 0.634. The number of amides is 1. The van der Waals surface area contributed by atoms with E-state index in [-0.39, 0.29) is 10.5 Å². The van der Waals surface area contributed by atoms with Crippen LogP contribution in [0, 0.1) is 19.7 Å². The van der Waals surface area contributed by atoms with Gasteiger partial charge in [-0.25, -0.2) is 12.8 Å². The number of anilines is 2. The predicted molar refractivity (Wildman–Crippen MR) is 120 cm³/mol. The van der Waals surface area contributed by atoms with Crippen molar-refractivity contribution in [2.45, 2.75) is 31.6 Å². The number of carbonyl (C=O) groups excluding carboxylic acids is 1. The molecule has 0 atom stereocenters. The molecule has 1 aliphatic rings. The van der Waals surface area contributed by atoms with Crippen LogP contribution in [0.3, 0.4) is 0 Å². The standard InChI is InChI=1S/C24H23FN2O3S/c1-16-7-5-10-22(17(16)2)26-24(28)20-15-19(12-13-21(20)25)31(29,30)27-14-6-9-18-8-3-4-11-23(18)27/h3-5,7-8,10-13,15H,6,9,14H2,1-2H3,(H,26,28). The molecule has 7 heteroatoms. The summed E-state index contributed by atoms with van der Waals surface area (Å²) in [6.07, 6.45) is 1.49. The van der Waals surface area contributed by atoms with Gasteiger partial charge >= 0.3 is 0 Å². The summed E-state index contributed by atoms with van der Waals surface area (Å²) < 4.78 is 42.6. The summed E-state index contributed by atoms with van der Waals surface area (Å²) in [7, 11) is -3.95. The number of carbonyl (C=O) groups is 1. The molecule has 5 nitrogen and oxygen atoms in total. The third kappa shape index (κ3) is 3.93. The van der Waals surface area contributed by atoms with Crippen LogP contribution in [0.1, 0.15) is 33.5 Å². The van der Waals surface area contributed by atoms with Crippen molar-refractivity contribution in [3.63, 3.8) is 0 Å². The van der Waals surface area contributed by atoms with E-state index in [4.69, 9.17) is 0 Å². The summed E-state index contributed by atoms with van der Waals surface area (Å²) >= 11 is 0. The molecule has 0 spiro atoms. The highest BCUT2D eigenvalue weighted by atomic mass is 32.2. The predicted octanol–water partition coefficient (Wildman–Crippen LogP) is 4.84. The Kier molecular flexibility index (Phi) is 5.54. The van der Waals surface area contributed by atoms with E-state index in [1.165, 1.54) is 10.4 Å². The molecule has 0 radical (unpaired) electrons. The van der Waals surface area contributed by atoms with E-state index in [1.807, 2.05) is 32.0 Å². The van der Waals surface area contributed by atoms with E-state index in [9.17, 15) is 17.6 Å². The van der Waals surface area contributed by atoms with Crippen molar-refractivity contribution >= 4 is 27.3 Å². The number of hydrogen-bond acceptors (Lipinski definition) is 3. The summed E-state index contributed by atoms with van der Waals surface area (Å²) in [4.78, 5) is 12.7. The third-order valence-electron chi connectivity index (χ3n) is 5.69. The first-order valence-corrected chi connectivity index (χ1v) is 11.5. The molecular weight excluding hydrogens is 415 g/mol. The lowest BCUT2D eigenvalue weighted by atomic mass is 10.0. The summed E-state index contributed by atoms with van der Waals surface area (Å²) in [5.41, 5.74) is 3.67. The number of fused-ring (bicyclic) bond motifs is 1. The molecule has 160 valence electrons.